The summed E-state index contributed by atoms with van der Waals surface area (Å²) in [5.74, 6) is -0.804. The number of allylic oxidation sites excluding steroid dienone is 1. The van der Waals surface area contributed by atoms with Gasteiger partial charge in [-0.2, -0.15) is 0 Å². The Labute approximate surface area is 156 Å². The van der Waals surface area contributed by atoms with Gasteiger partial charge in [-0.05, 0) is 25.7 Å². The summed E-state index contributed by atoms with van der Waals surface area (Å²) in [6, 6.07) is 0. The molecule has 6 heteroatoms. The van der Waals surface area contributed by atoms with E-state index in [1.807, 2.05) is 12.2 Å². The van der Waals surface area contributed by atoms with E-state index in [4.69, 9.17) is 9.84 Å². The van der Waals surface area contributed by atoms with Gasteiger partial charge in [-0.25, -0.2) is 0 Å². The molecule has 1 saturated heterocycles. The number of aliphatic hydroxyl groups excluding tert-OH is 3. The average molecular weight is 370 g/mol. The van der Waals surface area contributed by atoms with Crippen molar-refractivity contribution in [1.82, 2.24) is 0 Å². The van der Waals surface area contributed by atoms with Gasteiger partial charge in [0.15, 0.2) is 0 Å². The van der Waals surface area contributed by atoms with E-state index >= 15 is 0 Å². The van der Waals surface area contributed by atoms with E-state index in [2.05, 4.69) is 6.92 Å². The van der Waals surface area contributed by atoms with Gasteiger partial charge in [0.05, 0.1) is 30.5 Å². The highest BCUT2D eigenvalue weighted by Gasteiger charge is 2.36. The number of unbranched alkanes of at least 4 members (excludes halogenated alkanes) is 3. The van der Waals surface area contributed by atoms with Gasteiger partial charge in [-0.15, -0.1) is 0 Å². The summed E-state index contributed by atoms with van der Waals surface area (Å²) in [5, 5.41) is 38.7. The fourth-order valence-corrected chi connectivity index (χ4v) is 3.01. The molecule has 1 aliphatic rings. The van der Waals surface area contributed by atoms with E-state index in [-0.39, 0.29) is 12.5 Å². The first-order valence-electron chi connectivity index (χ1n) is 9.68. The van der Waals surface area contributed by atoms with Crippen LogP contribution in [0.15, 0.2) is 24.3 Å². The van der Waals surface area contributed by atoms with Crippen molar-refractivity contribution in [3.8, 4) is 0 Å². The third kappa shape index (κ3) is 9.48. The molecule has 0 amide bonds. The van der Waals surface area contributed by atoms with E-state index in [1.54, 1.807) is 0 Å². The lowest BCUT2D eigenvalue weighted by Crippen LogP contribution is -2.25. The second-order valence-electron chi connectivity index (χ2n) is 6.95. The first-order chi connectivity index (χ1) is 12.4. The van der Waals surface area contributed by atoms with E-state index in [9.17, 15) is 20.1 Å². The highest BCUT2D eigenvalue weighted by Crippen LogP contribution is 2.27. The van der Waals surface area contributed by atoms with Crippen molar-refractivity contribution in [3.05, 3.63) is 24.3 Å². The van der Waals surface area contributed by atoms with Crippen molar-refractivity contribution in [2.45, 2.75) is 95.2 Å². The van der Waals surface area contributed by atoms with Crippen molar-refractivity contribution in [1.29, 1.82) is 0 Å². The SMILES string of the molecule is CCCCC[C@H]1O[C@@H]([C@H](O)/C=C\[C@H](O)C/C=C\CCCC(=O)O)C[C@H]1O. The molecule has 4 N–H and O–H groups in total. The number of carbonyl (C=O) groups is 1. The lowest BCUT2D eigenvalue weighted by atomic mass is 10.0. The van der Waals surface area contributed by atoms with Crippen molar-refractivity contribution in [2.24, 2.45) is 0 Å². The predicted octanol–water partition coefficient (Wildman–Crippen LogP) is 2.56. The topological polar surface area (TPSA) is 107 Å². The van der Waals surface area contributed by atoms with Gasteiger partial charge in [0.2, 0.25) is 0 Å². The number of aliphatic carboxylic acids is 1. The molecule has 1 fully saturated rings. The lowest BCUT2D eigenvalue weighted by Gasteiger charge is -2.17. The number of ether oxygens (including phenoxy) is 1. The molecule has 150 valence electrons. The third-order valence-corrected chi connectivity index (χ3v) is 4.56. The number of aliphatic hydroxyl groups is 3. The molecule has 0 aliphatic carbocycles. The Morgan fingerprint density at radius 3 is 2.65 bits per heavy atom. The second-order valence-corrected chi connectivity index (χ2v) is 6.95. The van der Waals surface area contributed by atoms with E-state index in [1.165, 1.54) is 12.2 Å². The maximum Gasteiger partial charge on any atom is 0.303 e. The van der Waals surface area contributed by atoms with Gasteiger partial charge in [-0.3, -0.25) is 4.79 Å². The fourth-order valence-electron chi connectivity index (χ4n) is 3.01. The average Bonchev–Trinajstić information content (AvgIpc) is 2.97. The molecule has 1 heterocycles. The van der Waals surface area contributed by atoms with Crippen LogP contribution >= 0.6 is 0 Å². The van der Waals surface area contributed by atoms with Crippen molar-refractivity contribution < 1.29 is 30.0 Å². The van der Waals surface area contributed by atoms with E-state index in [0.29, 0.717) is 25.7 Å². The summed E-state index contributed by atoms with van der Waals surface area (Å²) in [5.41, 5.74) is 0. The minimum atomic E-state index is -0.852. The van der Waals surface area contributed by atoms with Crippen LogP contribution in [0.4, 0.5) is 0 Å². The quantitative estimate of drug-likeness (QED) is 0.293. The Hall–Kier alpha value is -1.21. The van der Waals surface area contributed by atoms with Gasteiger partial charge in [0.25, 0.3) is 0 Å². The Morgan fingerprint density at radius 2 is 1.96 bits per heavy atom. The van der Waals surface area contributed by atoms with Gasteiger partial charge in [0.1, 0.15) is 0 Å². The maximum absolute atomic E-state index is 10.4. The van der Waals surface area contributed by atoms with Crippen LogP contribution in [-0.2, 0) is 9.53 Å². The van der Waals surface area contributed by atoms with Crippen LogP contribution < -0.4 is 0 Å². The highest BCUT2D eigenvalue weighted by molar-refractivity contribution is 5.66. The number of carboxylic acids is 1. The highest BCUT2D eigenvalue weighted by atomic mass is 16.5. The summed E-state index contributed by atoms with van der Waals surface area (Å²) in [6.45, 7) is 2.12. The van der Waals surface area contributed by atoms with Crippen molar-refractivity contribution in [2.75, 3.05) is 0 Å². The molecule has 5 atom stereocenters. The Morgan fingerprint density at radius 1 is 1.19 bits per heavy atom. The van der Waals surface area contributed by atoms with Crippen LogP contribution in [-0.4, -0.2) is 56.9 Å². The molecular formula is C20H34O6. The standard InChI is InChI=1S/C20H34O6/c1-2-3-6-10-18-17(23)14-19(26-18)16(22)13-12-15(21)9-7-4-5-8-11-20(24)25/h4,7,12-13,15-19,21-23H,2-3,5-6,8-11,14H2,1H3,(H,24,25)/b7-4-,13-12-/t15-,16-,17-,18-,19-/m1/s1. The minimum Gasteiger partial charge on any atom is -0.481 e. The molecule has 0 unspecified atom stereocenters. The summed E-state index contributed by atoms with van der Waals surface area (Å²) in [6.07, 6.45) is 10.2. The first-order valence-corrected chi connectivity index (χ1v) is 9.68. The second kappa shape index (κ2) is 13.0. The zero-order valence-corrected chi connectivity index (χ0v) is 15.7. The van der Waals surface area contributed by atoms with Gasteiger partial charge in [0, 0.05) is 12.8 Å². The minimum absolute atomic E-state index is 0.145. The maximum atomic E-state index is 10.4. The van der Waals surface area contributed by atoms with Gasteiger partial charge >= 0.3 is 5.97 Å². The Bertz CT molecular complexity index is 448. The molecule has 6 nitrogen and oxygen atoms in total. The zero-order chi connectivity index (χ0) is 19.4. The molecule has 0 aromatic heterocycles. The summed E-state index contributed by atoms with van der Waals surface area (Å²) in [7, 11) is 0. The molecular weight excluding hydrogens is 336 g/mol. The first kappa shape index (κ1) is 22.8. The third-order valence-electron chi connectivity index (χ3n) is 4.56. The summed E-state index contributed by atoms with van der Waals surface area (Å²) in [4.78, 5) is 10.4. The summed E-state index contributed by atoms with van der Waals surface area (Å²) >= 11 is 0. The Kier molecular flexibility index (Phi) is 11.4. The van der Waals surface area contributed by atoms with Gasteiger partial charge in [-0.1, -0.05) is 50.5 Å². The molecule has 0 bridgehead atoms. The lowest BCUT2D eigenvalue weighted by molar-refractivity contribution is -0.137. The molecule has 0 saturated carbocycles. The molecule has 26 heavy (non-hydrogen) atoms. The molecule has 0 aromatic rings. The number of hydrogen-bond acceptors (Lipinski definition) is 5. The van der Waals surface area contributed by atoms with Crippen LogP contribution in [0, 0.1) is 0 Å². The predicted molar refractivity (Wildman–Crippen MR) is 99.8 cm³/mol. The zero-order valence-electron chi connectivity index (χ0n) is 15.7. The van der Waals surface area contributed by atoms with E-state index < -0.39 is 30.4 Å². The van der Waals surface area contributed by atoms with Crippen LogP contribution in [0.3, 0.4) is 0 Å². The smallest absolute Gasteiger partial charge is 0.303 e. The number of rotatable bonds is 13. The van der Waals surface area contributed by atoms with Crippen LogP contribution in [0.5, 0.6) is 0 Å². The molecule has 1 rings (SSSR count). The molecule has 1 aliphatic heterocycles. The van der Waals surface area contributed by atoms with Crippen molar-refractivity contribution >= 4 is 5.97 Å². The largest absolute Gasteiger partial charge is 0.481 e. The molecule has 0 radical (unpaired) electrons. The summed E-state index contributed by atoms with van der Waals surface area (Å²) < 4.78 is 5.76. The van der Waals surface area contributed by atoms with Crippen LogP contribution in [0.2, 0.25) is 0 Å². The van der Waals surface area contributed by atoms with Crippen LogP contribution in [0.25, 0.3) is 0 Å². The Balaban J connectivity index is 2.27. The fraction of sp³-hybridized carbons (Fsp3) is 0.750. The normalized spacial score (nSPS) is 25.9. The van der Waals surface area contributed by atoms with Crippen LogP contribution in [0.1, 0.15) is 64.7 Å². The molecule has 0 aromatic carbocycles. The van der Waals surface area contributed by atoms with E-state index in [0.717, 1.165) is 25.7 Å². The monoisotopic (exact) mass is 370 g/mol. The molecule has 0 spiro atoms. The van der Waals surface area contributed by atoms with Crippen molar-refractivity contribution in [3.63, 3.8) is 0 Å². The van der Waals surface area contributed by atoms with Gasteiger partial charge < -0.3 is 25.2 Å². The number of carboxylic acid groups (broad SMARTS) is 1. The number of hydrogen-bond donors (Lipinski definition) is 4.